The van der Waals surface area contributed by atoms with Crippen molar-refractivity contribution in [3.63, 3.8) is 0 Å². The molecular formula is C16H22KNSi2. The van der Waals surface area contributed by atoms with E-state index >= 15 is 0 Å². The summed E-state index contributed by atoms with van der Waals surface area (Å²) in [7, 11) is -3.42. The Kier molecular flexibility index (Phi) is 7.08. The van der Waals surface area contributed by atoms with Crippen LogP contribution in [0.1, 0.15) is 0 Å². The largest absolute Gasteiger partial charge is 1.00 e. The summed E-state index contributed by atoms with van der Waals surface area (Å²) >= 11 is 0. The first-order chi connectivity index (χ1) is 8.92. The first-order valence-electron chi connectivity index (χ1n) is 6.77. The van der Waals surface area contributed by atoms with Gasteiger partial charge < -0.3 is 4.65 Å². The Balaban J connectivity index is 0.00000200. The molecule has 0 radical (unpaired) electrons. The first kappa shape index (κ1) is 18.5. The summed E-state index contributed by atoms with van der Waals surface area (Å²) in [5.74, 6) is 0. The van der Waals surface area contributed by atoms with E-state index in [2.05, 4.69) is 86.9 Å². The second kappa shape index (κ2) is 7.65. The zero-order valence-corrected chi connectivity index (χ0v) is 18.3. The van der Waals surface area contributed by atoms with Gasteiger partial charge in [0, 0.05) is 0 Å². The molecule has 0 aliphatic carbocycles. The molecule has 2 aromatic rings. The Morgan fingerprint density at radius 2 is 0.900 bits per heavy atom. The third-order valence-corrected chi connectivity index (χ3v) is 11.5. The zero-order valence-electron chi connectivity index (χ0n) is 13.2. The fourth-order valence-electron chi connectivity index (χ4n) is 2.52. The fraction of sp³-hybridized carbons (Fsp3) is 0.250. The van der Waals surface area contributed by atoms with Crippen LogP contribution in [0.15, 0.2) is 60.7 Å². The van der Waals surface area contributed by atoms with E-state index in [9.17, 15) is 0 Å². The van der Waals surface area contributed by atoms with Gasteiger partial charge in [0.1, 0.15) is 0 Å². The minimum absolute atomic E-state index is 0. The van der Waals surface area contributed by atoms with Crippen LogP contribution in [-0.2, 0) is 0 Å². The van der Waals surface area contributed by atoms with Crippen LogP contribution in [0.25, 0.3) is 4.65 Å². The van der Waals surface area contributed by atoms with Crippen LogP contribution < -0.4 is 61.8 Å². The minimum Gasteiger partial charge on any atom is -0.660 e. The Labute approximate surface area is 167 Å². The number of hydrogen-bond donors (Lipinski definition) is 0. The van der Waals surface area contributed by atoms with E-state index in [0.29, 0.717) is 0 Å². The van der Waals surface area contributed by atoms with E-state index in [1.54, 1.807) is 0 Å². The molecule has 0 aromatic heterocycles. The van der Waals surface area contributed by atoms with E-state index in [1.807, 2.05) is 0 Å². The van der Waals surface area contributed by atoms with Gasteiger partial charge in [-0.1, -0.05) is 97.2 Å². The van der Waals surface area contributed by atoms with E-state index < -0.39 is 16.5 Å². The van der Waals surface area contributed by atoms with Crippen LogP contribution in [0.2, 0.25) is 26.2 Å². The fourth-order valence-corrected chi connectivity index (χ4v) is 11.2. The summed E-state index contributed by atoms with van der Waals surface area (Å²) in [6.07, 6.45) is 0. The zero-order chi connectivity index (χ0) is 13.9. The molecule has 0 fully saturated rings. The Morgan fingerprint density at radius 3 is 1.20 bits per heavy atom. The summed E-state index contributed by atoms with van der Waals surface area (Å²) < 4.78 is 5.36. The molecule has 2 aromatic carbocycles. The molecule has 1 nitrogen and oxygen atoms in total. The molecule has 0 saturated carbocycles. The van der Waals surface area contributed by atoms with Crippen molar-refractivity contribution in [3.05, 3.63) is 65.3 Å². The van der Waals surface area contributed by atoms with E-state index in [1.165, 1.54) is 10.4 Å². The summed E-state index contributed by atoms with van der Waals surface area (Å²) in [5.41, 5.74) is 0. The van der Waals surface area contributed by atoms with Crippen molar-refractivity contribution in [2.45, 2.75) is 26.2 Å². The molecular weight excluding hydrogens is 301 g/mol. The van der Waals surface area contributed by atoms with Crippen molar-refractivity contribution in [2.24, 2.45) is 0 Å². The van der Waals surface area contributed by atoms with Crippen LogP contribution in [0, 0.1) is 0 Å². The maximum Gasteiger partial charge on any atom is 1.00 e. The molecule has 4 heteroatoms. The van der Waals surface area contributed by atoms with Gasteiger partial charge in [-0.05, 0) is 16.5 Å². The molecule has 0 N–H and O–H groups in total. The summed E-state index contributed by atoms with van der Waals surface area (Å²) in [6.45, 7) is 9.39. The molecule has 0 atom stereocenters. The van der Waals surface area contributed by atoms with Crippen LogP contribution in [0.5, 0.6) is 0 Å². The second-order valence-electron chi connectivity index (χ2n) is 5.96. The maximum absolute atomic E-state index is 5.36. The van der Waals surface area contributed by atoms with Crippen molar-refractivity contribution in [3.8, 4) is 0 Å². The molecule has 0 heterocycles. The van der Waals surface area contributed by atoms with Crippen LogP contribution in [0.4, 0.5) is 0 Å². The number of rotatable bonds is 4. The molecule has 20 heavy (non-hydrogen) atoms. The van der Waals surface area contributed by atoms with E-state index in [-0.39, 0.29) is 51.4 Å². The topological polar surface area (TPSA) is 14.1 Å². The van der Waals surface area contributed by atoms with Crippen LogP contribution in [-0.4, -0.2) is 16.5 Å². The van der Waals surface area contributed by atoms with Crippen molar-refractivity contribution < 1.29 is 51.4 Å². The average Bonchev–Trinajstić information content (AvgIpc) is 2.40. The Bertz CT molecular complexity index is 477. The predicted molar refractivity (Wildman–Crippen MR) is 90.5 cm³/mol. The van der Waals surface area contributed by atoms with Crippen molar-refractivity contribution in [1.82, 2.24) is 0 Å². The second-order valence-corrected chi connectivity index (χ2v) is 14.2. The van der Waals surface area contributed by atoms with E-state index in [0.717, 1.165) is 0 Å². The van der Waals surface area contributed by atoms with Gasteiger partial charge in [0.15, 0.2) is 0 Å². The van der Waals surface area contributed by atoms with Crippen molar-refractivity contribution >= 4 is 26.8 Å². The van der Waals surface area contributed by atoms with Gasteiger partial charge in [-0.3, -0.25) is 0 Å². The molecule has 0 spiro atoms. The molecule has 0 unspecified atom stereocenters. The maximum atomic E-state index is 5.36. The van der Waals surface area contributed by atoms with Crippen LogP contribution >= 0.6 is 0 Å². The number of benzene rings is 2. The van der Waals surface area contributed by atoms with Gasteiger partial charge in [-0.2, -0.15) is 0 Å². The van der Waals surface area contributed by atoms with Crippen molar-refractivity contribution in [2.75, 3.05) is 0 Å². The number of nitrogens with zero attached hydrogens (tertiary/aromatic N) is 1. The van der Waals surface area contributed by atoms with Crippen molar-refractivity contribution in [1.29, 1.82) is 0 Å². The van der Waals surface area contributed by atoms with Gasteiger partial charge >= 0.3 is 51.4 Å². The Hall–Kier alpha value is 0.470. The molecule has 2 rings (SSSR count). The predicted octanol–water partition coefficient (Wildman–Crippen LogP) is 0.589. The number of hydrogen-bond acceptors (Lipinski definition) is 0. The molecule has 0 aliphatic heterocycles. The molecule has 0 bridgehead atoms. The average molecular weight is 324 g/mol. The molecule has 0 saturated heterocycles. The SMILES string of the molecule is C[Si](C)([N-][Si](C)(C)c1ccccc1)c1ccccc1.[K+]. The van der Waals surface area contributed by atoms with Gasteiger partial charge in [-0.15, -0.1) is 0 Å². The van der Waals surface area contributed by atoms with Gasteiger partial charge in [0.05, 0.1) is 0 Å². The molecule has 0 amide bonds. The molecule has 100 valence electrons. The standard InChI is InChI=1S/C16H22NSi2.K/c1-18(2,15-11-7-5-8-12-15)17-19(3,4)16-13-9-6-10-14-16;/h5-14H,1-4H3;/q-1;+1. The third-order valence-electron chi connectivity index (χ3n) is 3.52. The quantitative estimate of drug-likeness (QED) is 0.731. The third kappa shape index (κ3) is 4.74. The Morgan fingerprint density at radius 1 is 0.600 bits per heavy atom. The summed E-state index contributed by atoms with van der Waals surface area (Å²) in [5, 5.41) is 2.85. The van der Waals surface area contributed by atoms with Crippen LogP contribution in [0.3, 0.4) is 0 Å². The molecule has 0 aliphatic rings. The normalized spacial score (nSPS) is 11.8. The monoisotopic (exact) mass is 323 g/mol. The summed E-state index contributed by atoms with van der Waals surface area (Å²) in [4.78, 5) is 0. The first-order valence-corrected chi connectivity index (χ1v) is 12.7. The van der Waals surface area contributed by atoms with Gasteiger partial charge in [0.25, 0.3) is 0 Å². The minimum atomic E-state index is -1.71. The van der Waals surface area contributed by atoms with E-state index in [4.69, 9.17) is 4.65 Å². The smallest absolute Gasteiger partial charge is 0.660 e. The van der Waals surface area contributed by atoms with Gasteiger partial charge in [-0.25, -0.2) is 0 Å². The summed E-state index contributed by atoms with van der Waals surface area (Å²) in [6, 6.07) is 21.6. The van der Waals surface area contributed by atoms with Gasteiger partial charge in [0.2, 0.25) is 0 Å².